The Bertz CT molecular complexity index is 607. The molecule has 0 aliphatic heterocycles. The van der Waals surface area contributed by atoms with E-state index in [-0.39, 0.29) is 5.41 Å². The smallest absolute Gasteiger partial charge is 0.136 e. The molecule has 0 bridgehead atoms. The number of nitrogens with two attached hydrogens (primary N) is 1. The molecule has 0 aliphatic carbocycles. The van der Waals surface area contributed by atoms with Crippen LogP contribution in [0.25, 0.3) is 11.3 Å². The Morgan fingerprint density at radius 1 is 1.25 bits per heavy atom. The highest BCUT2D eigenvalue weighted by molar-refractivity contribution is 5.66. The van der Waals surface area contributed by atoms with Gasteiger partial charge in [0.25, 0.3) is 0 Å². The largest absolute Gasteiger partial charge is 0.383 e. The predicted octanol–water partition coefficient (Wildman–Crippen LogP) is 2.94. The van der Waals surface area contributed by atoms with Crippen molar-refractivity contribution >= 4 is 5.82 Å². The molecule has 0 atom stereocenters. The summed E-state index contributed by atoms with van der Waals surface area (Å²) in [5.41, 5.74) is 8.70. The van der Waals surface area contributed by atoms with E-state index < -0.39 is 0 Å². The van der Waals surface area contributed by atoms with E-state index in [1.807, 2.05) is 24.0 Å². The summed E-state index contributed by atoms with van der Waals surface area (Å²) in [6.07, 6.45) is 4.92. The fraction of sp³-hybridized carbons (Fsp3) is 0.533. The van der Waals surface area contributed by atoms with Gasteiger partial charge in [-0.25, -0.2) is 9.97 Å². The van der Waals surface area contributed by atoms with Crippen LogP contribution < -0.4 is 5.73 Å². The van der Waals surface area contributed by atoms with Crippen LogP contribution in [0.5, 0.6) is 0 Å². The second-order valence-electron chi connectivity index (χ2n) is 6.15. The molecule has 108 valence electrons. The van der Waals surface area contributed by atoms with Crippen molar-refractivity contribution in [2.45, 2.75) is 53.0 Å². The molecule has 0 aliphatic rings. The topological polar surface area (TPSA) is 69.6 Å². The Morgan fingerprint density at radius 3 is 2.55 bits per heavy atom. The molecule has 2 N–H and O–H groups in total. The Morgan fingerprint density at radius 2 is 1.95 bits per heavy atom. The molecule has 0 saturated carbocycles. The van der Waals surface area contributed by atoms with Crippen molar-refractivity contribution in [3.63, 3.8) is 0 Å². The van der Waals surface area contributed by atoms with Crippen molar-refractivity contribution in [3.8, 4) is 11.3 Å². The lowest BCUT2D eigenvalue weighted by atomic mass is 9.95. The minimum Gasteiger partial charge on any atom is -0.383 e. The van der Waals surface area contributed by atoms with Gasteiger partial charge < -0.3 is 5.73 Å². The molecular formula is C15H23N5. The van der Waals surface area contributed by atoms with E-state index in [0.717, 1.165) is 35.6 Å². The normalized spacial score (nSPS) is 11.8. The van der Waals surface area contributed by atoms with Gasteiger partial charge in [-0.05, 0) is 13.3 Å². The van der Waals surface area contributed by atoms with Crippen LogP contribution in [0.2, 0.25) is 0 Å². The zero-order valence-corrected chi connectivity index (χ0v) is 12.9. The molecule has 2 heterocycles. The maximum Gasteiger partial charge on any atom is 0.136 e. The summed E-state index contributed by atoms with van der Waals surface area (Å²) in [5, 5.41) is 4.36. The zero-order chi connectivity index (χ0) is 14.9. The SMILES string of the molecule is CCCn1cc(-c2nc(C(C)(C)C)nc(N)c2C)cn1. The predicted molar refractivity (Wildman–Crippen MR) is 81.4 cm³/mol. The standard InChI is InChI=1S/C15H23N5/c1-6-7-20-9-11(8-17-20)12-10(2)13(16)19-14(18-12)15(3,4)5/h8-9H,6-7H2,1-5H3,(H2,16,18,19). The minimum atomic E-state index is -0.129. The van der Waals surface area contributed by atoms with Crippen molar-refractivity contribution in [3.05, 3.63) is 23.8 Å². The Hall–Kier alpha value is -1.91. The average Bonchev–Trinajstić information content (AvgIpc) is 2.80. The van der Waals surface area contributed by atoms with E-state index in [9.17, 15) is 0 Å². The molecule has 0 fully saturated rings. The van der Waals surface area contributed by atoms with Crippen molar-refractivity contribution < 1.29 is 0 Å². The summed E-state index contributed by atoms with van der Waals surface area (Å²) >= 11 is 0. The fourth-order valence-corrected chi connectivity index (χ4v) is 1.99. The lowest BCUT2D eigenvalue weighted by molar-refractivity contribution is 0.546. The molecule has 0 radical (unpaired) electrons. The number of rotatable bonds is 3. The first-order valence-electron chi connectivity index (χ1n) is 7.00. The number of aryl methyl sites for hydroxylation is 1. The second-order valence-corrected chi connectivity index (χ2v) is 6.15. The van der Waals surface area contributed by atoms with Gasteiger partial charge in [0.05, 0.1) is 11.9 Å². The average molecular weight is 273 g/mol. The molecular weight excluding hydrogens is 250 g/mol. The Balaban J connectivity index is 2.51. The number of hydrogen-bond acceptors (Lipinski definition) is 4. The molecule has 0 amide bonds. The Kier molecular flexibility index (Phi) is 3.79. The van der Waals surface area contributed by atoms with Gasteiger partial charge in [-0.15, -0.1) is 0 Å². The highest BCUT2D eigenvalue weighted by Crippen LogP contribution is 2.28. The highest BCUT2D eigenvalue weighted by atomic mass is 15.3. The summed E-state index contributed by atoms with van der Waals surface area (Å²) in [6, 6.07) is 0. The molecule has 5 nitrogen and oxygen atoms in total. The van der Waals surface area contributed by atoms with Gasteiger partial charge in [-0.2, -0.15) is 5.10 Å². The monoisotopic (exact) mass is 273 g/mol. The third-order valence-corrected chi connectivity index (χ3v) is 3.21. The van der Waals surface area contributed by atoms with E-state index in [1.54, 1.807) is 0 Å². The molecule has 2 rings (SSSR count). The molecule has 0 saturated heterocycles. The number of nitrogens with zero attached hydrogens (tertiary/aromatic N) is 4. The van der Waals surface area contributed by atoms with Crippen LogP contribution in [0, 0.1) is 6.92 Å². The van der Waals surface area contributed by atoms with E-state index >= 15 is 0 Å². The first-order valence-corrected chi connectivity index (χ1v) is 7.00. The number of anilines is 1. The third kappa shape index (κ3) is 2.81. The van der Waals surface area contributed by atoms with Gasteiger partial charge in [-0.1, -0.05) is 27.7 Å². The highest BCUT2D eigenvalue weighted by Gasteiger charge is 2.21. The lowest BCUT2D eigenvalue weighted by Gasteiger charge is -2.19. The van der Waals surface area contributed by atoms with Gasteiger partial charge in [-0.3, -0.25) is 4.68 Å². The third-order valence-electron chi connectivity index (χ3n) is 3.21. The van der Waals surface area contributed by atoms with Crippen LogP contribution in [-0.4, -0.2) is 19.7 Å². The summed E-state index contributed by atoms with van der Waals surface area (Å²) in [4.78, 5) is 9.12. The maximum absolute atomic E-state index is 6.04. The number of hydrogen-bond donors (Lipinski definition) is 1. The Labute approximate surface area is 120 Å². The van der Waals surface area contributed by atoms with Crippen LogP contribution in [0.4, 0.5) is 5.82 Å². The van der Waals surface area contributed by atoms with Crippen molar-refractivity contribution in [2.24, 2.45) is 0 Å². The van der Waals surface area contributed by atoms with Crippen LogP contribution in [0.15, 0.2) is 12.4 Å². The minimum absolute atomic E-state index is 0.129. The maximum atomic E-state index is 6.04. The molecule has 20 heavy (non-hydrogen) atoms. The summed E-state index contributed by atoms with van der Waals surface area (Å²) in [7, 11) is 0. The van der Waals surface area contributed by atoms with E-state index in [0.29, 0.717) is 5.82 Å². The number of aromatic nitrogens is 4. The van der Waals surface area contributed by atoms with Crippen LogP contribution in [0.1, 0.15) is 45.5 Å². The summed E-state index contributed by atoms with van der Waals surface area (Å²) in [6.45, 7) is 11.2. The van der Waals surface area contributed by atoms with Crippen LogP contribution >= 0.6 is 0 Å². The fourth-order valence-electron chi connectivity index (χ4n) is 1.99. The first-order chi connectivity index (χ1) is 9.32. The van der Waals surface area contributed by atoms with Gasteiger partial charge >= 0.3 is 0 Å². The van der Waals surface area contributed by atoms with Gasteiger partial charge in [0, 0.05) is 29.3 Å². The van der Waals surface area contributed by atoms with Crippen molar-refractivity contribution in [1.82, 2.24) is 19.7 Å². The number of nitrogen functional groups attached to an aromatic ring is 1. The van der Waals surface area contributed by atoms with E-state index in [4.69, 9.17) is 10.7 Å². The van der Waals surface area contributed by atoms with E-state index in [2.05, 4.69) is 37.8 Å². The molecule has 0 spiro atoms. The molecule has 5 heteroatoms. The summed E-state index contributed by atoms with van der Waals surface area (Å²) in [5.74, 6) is 1.31. The summed E-state index contributed by atoms with van der Waals surface area (Å²) < 4.78 is 1.93. The quantitative estimate of drug-likeness (QED) is 0.933. The second kappa shape index (κ2) is 5.23. The molecule has 0 aromatic carbocycles. The first kappa shape index (κ1) is 14.5. The van der Waals surface area contributed by atoms with Gasteiger partial charge in [0.15, 0.2) is 0 Å². The van der Waals surface area contributed by atoms with Gasteiger partial charge in [0.2, 0.25) is 0 Å². The van der Waals surface area contributed by atoms with Crippen LogP contribution in [-0.2, 0) is 12.0 Å². The van der Waals surface area contributed by atoms with Gasteiger partial charge in [0.1, 0.15) is 11.6 Å². The molecule has 2 aromatic rings. The van der Waals surface area contributed by atoms with Crippen LogP contribution in [0.3, 0.4) is 0 Å². The lowest BCUT2D eigenvalue weighted by Crippen LogP contribution is -2.18. The van der Waals surface area contributed by atoms with Crippen molar-refractivity contribution in [1.29, 1.82) is 0 Å². The van der Waals surface area contributed by atoms with Crippen molar-refractivity contribution in [2.75, 3.05) is 5.73 Å². The molecule has 2 aromatic heterocycles. The van der Waals surface area contributed by atoms with E-state index in [1.165, 1.54) is 0 Å². The molecule has 0 unspecified atom stereocenters. The zero-order valence-electron chi connectivity index (χ0n) is 12.9.